The highest BCUT2D eigenvalue weighted by Gasteiger charge is 2.29. The van der Waals surface area contributed by atoms with Crippen molar-refractivity contribution in [2.45, 2.75) is 33.1 Å². The number of piperidine rings is 1. The number of nitrogens with zero attached hydrogens (tertiary/aromatic N) is 2. The molecule has 0 N–H and O–H groups in total. The van der Waals surface area contributed by atoms with Crippen molar-refractivity contribution in [3.05, 3.63) is 52.3 Å². The highest BCUT2D eigenvalue weighted by molar-refractivity contribution is 6.30. The molecule has 2 aromatic rings. The van der Waals surface area contributed by atoms with Crippen molar-refractivity contribution in [3.63, 3.8) is 0 Å². The summed E-state index contributed by atoms with van der Waals surface area (Å²) in [5, 5.41) is 0.722. The number of carbonyl (C=O) groups excluding carboxylic acids is 1. The normalized spacial score (nSPS) is 17.0. The van der Waals surface area contributed by atoms with Crippen LogP contribution in [0.4, 0.5) is 0 Å². The topological polar surface area (TPSA) is 22.0 Å². The van der Waals surface area contributed by atoms with Gasteiger partial charge >= 0.3 is 0 Å². The van der Waals surface area contributed by atoms with E-state index in [4.69, 9.17) is 11.6 Å². The van der Waals surface area contributed by atoms with Gasteiger partial charge in [0.1, 0.15) is 6.54 Å². The molecule has 2 heterocycles. The fraction of sp³-hybridized carbons (Fsp3) is 0.450. The van der Waals surface area contributed by atoms with E-state index < -0.39 is 0 Å². The van der Waals surface area contributed by atoms with Gasteiger partial charge in [0.25, 0.3) is 0 Å². The molecule has 0 unspecified atom stereocenters. The first-order valence-electron chi connectivity index (χ1n) is 8.71. The predicted octanol–water partition coefficient (Wildman–Crippen LogP) is 4.56. The molecular formula is C20H26ClN2O+. The van der Waals surface area contributed by atoms with Gasteiger partial charge in [0.2, 0.25) is 5.78 Å². The summed E-state index contributed by atoms with van der Waals surface area (Å²) in [4.78, 5) is 12.9. The molecule has 0 saturated carbocycles. The number of aryl methyl sites for hydroxylation is 1. The standard InChI is InChI=1S/C20H26ClN2O/c1-15-13-19(20(24)14-23(3)11-5-4-6-12-23)16(2)22(15)18-9-7-17(21)8-10-18/h7-10,13H,4-6,11-12,14H2,1-3H3/q+1. The smallest absolute Gasteiger partial charge is 0.218 e. The van der Waals surface area contributed by atoms with Crippen LogP contribution in [0.5, 0.6) is 0 Å². The number of hydrogen-bond acceptors (Lipinski definition) is 1. The summed E-state index contributed by atoms with van der Waals surface area (Å²) in [7, 11) is 2.22. The molecule has 0 bridgehead atoms. The van der Waals surface area contributed by atoms with Crippen LogP contribution >= 0.6 is 11.6 Å². The average Bonchev–Trinajstić information content (AvgIpc) is 2.84. The molecule has 1 aliphatic rings. The molecule has 0 radical (unpaired) electrons. The zero-order valence-electron chi connectivity index (χ0n) is 14.8. The number of carbonyl (C=O) groups is 1. The molecule has 0 atom stereocenters. The summed E-state index contributed by atoms with van der Waals surface area (Å²) >= 11 is 5.99. The van der Waals surface area contributed by atoms with Crippen LogP contribution in [0.25, 0.3) is 5.69 Å². The molecule has 1 aromatic heterocycles. The van der Waals surface area contributed by atoms with Gasteiger partial charge in [0, 0.05) is 27.7 Å². The van der Waals surface area contributed by atoms with Gasteiger partial charge in [0.05, 0.1) is 20.1 Å². The van der Waals surface area contributed by atoms with E-state index in [1.54, 1.807) is 0 Å². The third kappa shape index (κ3) is 3.42. The van der Waals surface area contributed by atoms with Gasteiger partial charge < -0.3 is 9.05 Å². The van der Waals surface area contributed by atoms with Crippen LogP contribution in [0.2, 0.25) is 5.02 Å². The third-order valence-electron chi connectivity index (χ3n) is 5.24. The Hall–Kier alpha value is -1.58. The maximum absolute atomic E-state index is 12.9. The number of Topliss-reactive ketones (excluding diaryl/α,β-unsaturated/α-hetero) is 1. The largest absolute Gasteiger partial charge is 0.320 e. The minimum absolute atomic E-state index is 0.257. The lowest BCUT2D eigenvalue weighted by Crippen LogP contribution is -2.50. The van der Waals surface area contributed by atoms with Crippen LogP contribution in [-0.2, 0) is 0 Å². The molecule has 0 amide bonds. The minimum Gasteiger partial charge on any atom is -0.320 e. The van der Waals surface area contributed by atoms with Gasteiger partial charge in [-0.05, 0) is 63.4 Å². The first-order chi connectivity index (χ1) is 11.4. The highest BCUT2D eigenvalue weighted by atomic mass is 35.5. The van der Waals surface area contributed by atoms with E-state index in [1.165, 1.54) is 19.3 Å². The highest BCUT2D eigenvalue weighted by Crippen LogP contribution is 2.24. The van der Waals surface area contributed by atoms with E-state index in [2.05, 4.69) is 18.5 Å². The van der Waals surface area contributed by atoms with Crippen molar-refractivity contribution in [2.75, 3.05) is 26.7 Å². The van der Waals surface area contributed by atoms with Crippen LogP contribution < -0.4 is 0 Å². The Bertz CT molecular complexity index is 740. The van der Waals surface area contributed by atoms with Gasteiger partial charge in [-0.2, -0.15) is 0 Å². The van der Waals surface area contributed by atoms with Crippen molar-refractivity contribution in [3.8, 4) is 5.69 Å². The zero-order chi connectivity index (χ0) is 17.3. The van der Waals surface area contributed by atoms with Crippen molar-refractivity contribution in [1.82, 2.24) is 4.57 Å². The van der Waals surface area contributed by atoms with E-state index in [9.17, 15) is 4.79 Å². The van der Waals surface area contributed by atoms with Crippen molar-refractivity contribution >= 4 is 17.4 Å². The molecule has 1 aromatic carbocycles. The van der Waals surface area contributed by atoms with Gasteiger partial charge in [-0.1, -0.05) is 11.6 Å². The van der Waals surface area contributed by atoms with Crippen LogP contribution in [0.1, 0.15) is 41.0 Å². The summed E-state index contributed by atoms with van der Waals surface area (Å²) in [5.74, 6) is 0.257. The predicted molar refractivity (Wildman–Crippen MR) is 99.2 cm³/mol. The van der Waals surface area contributed by atoms with E-state index >= 15 is 0 Å². The molecule has 0 aliphatic carbocycles. The van der Waals surface area contributed by atoms with E-state index in [0.717, 1.165) is 45.2 Å². The maximum Gasteiger partial charge on any atom is 0.218 e. The Balaban J connectivity index is 1.88. The van der Waals surface area contributed by atoms with E-state index in [1.807, 2.05) is 37.3 Å². The lowest BCUT2D eigenvalue weighted by molar-refractivity contribution is -0.906. The summed E-state index contributed by atoms with van der Waals surface area (Å²) in [6, 6.07) is 9.79. The molecule has 4 heteroatoms. The molecule has 128 valence electrons. The lowest BCUT2D eigenvalue weighted by atomic mass is 10.1. The quantitative estimate of drug-likeness (QED) is 0.588. The van der Waals surface area contributed by atoms with Crippen molar-refractivity contribution in [2.24, 2.45) is 0 Å². The van der Waals surface area contributed by atoms with Gasteiger partial charge in [-0.15, -0.1) is 0 Å². The summed E-state index contributed by atoms with van der Waals surface area (Å²) in [5.41, 5.74) is 4.00. The third-order valence-corrected chi connectivity index (χ3v) is 5.49. The Morgan fingerprint density at radius 2 is 1.75 bits per heavy atom. The second kappa shape index (κ2) is 6.73. The number of benzene rings is 1. The molecule has 24 heavy (non-hydrogen) atoms. The minimum atomic E-state index is 0.257. The molecule has 1 saturated heterocycles. The Labute approximate surface area is 149 Å². The Kier molecular flexibility index (Phi) is 4.84. The van der Waals surface area contributed by atoms with Gasteiger partial charge in [-0.3, -0.25) is 4.79 Å². The Morgan fingerprint density at radius 3 is 2.38 bits per heavy atom. The summed E-state index contributed by atoms with van der Waals surface area (Å²) in [6.45, 7) is 6.91. The first kappa shape index (κ1) is 17.2. The number of hydrogen-bond donors (Lipinski definition) is 0. The van der Waals surface area contributed by atoms with Crippen LogP contribution in [0, 0.1) is 13.8 Å². The zero-order valence-corrected chi connectivity index (χ0v) is 15.6. The SMILES string of the molecule is Cc1cc(C(=O)C[N+]2(C)CCCCC2)c(C)n1-c1ccc(Cl)cc1. The lowest BCUT2D eigenvalue weighted by Gasteiger charge is -2.37. The Morgan fingerprint density at radius 1 is 1.12 bits per heavy atom. The number of halogens is 1. The first-order valence-corrected chi connectivity index (χ1v) is 9.09. The number of likely N-dealkylation sites (N-methyl/N-ethyl adjacent to an activating group) is 1. The second-order valence-corrected chi connectivity index (χ2v) is 7.74. The van der Waals surface area contributed by atoms with Crippen LogP contribution in [-0.4, -0.2) is 41.5 Å². The van der Waals surface area contributed by atoms with Crippen LogP contribution in [0.15, 0.2) is 30.3 Å². The summed E-state index contributed by atoms with van der Waals surface area (Å²) in [6.07, 6.45) is 3.76. The van der Waals surface area contributed by atoms with Crippen LogP contribution in [0.3, 0.4) is 0 Å². The number of aromatic nitrogens is 1. The van der Waals surface area contributed by atoms with E-state index in [0.29, 0.717) is 6.54 Å². The number of quaternary nitrogens is 1. The number of likely N-dealkylation sites (tertiary alicyclic amines) is 1. The molecule has 1 aliphatic heterocycles. The fourth-order valence-electron chi connectivity index (χ4n) is 3.90. The van der Waals surface area contributed by atoms with Crippen molar-refractivity contribution in [1.29, 1.82) is 0 Å². The number of ketones is 1. The van der Waals surface area contributed by atoms with Gasteiger partial charge in [-0.25, -0.2) is 0 Å². The van der Waals surface area contributed by atoms with Gasteiger partial charge in [0.15, 0.2) is 0 Å². The monoisotopic (exact) mass is 345 g/mol. The number of rotatable bonds is 4. The van der Waals surface area contributed by atoms with Crippen molar-refractivity contribution < 1.29 is 9.28 Å². The maximum atomic E-state index is 12.9. The summed E-state index contributed by atoms with van der Waals surface area (Å²) < 4.78 is 3.02. The molecule has 3 nitrogen and oxygen atoms in total. The molecule has 3 rings (SSSR count). The molecular weight excluding hydrogens is 320 g/mol. The average molecular weight is 346 g/mol. The second-order valence-electron chi connectivity index (χ2n) is 7.31. The molecule has 1 fully saturated rings. The van der Waals surface area contributed by atoms with E-state index in [-0.39, 0.29) is 5.78 Å². The molecule has 0 spiro atoms. The fourth-order valence-corrected chi connectivity index (χ4v) is 4.02.